The zero-order valence-corrected chi connectivity index (χ0v) is 12.0. The minimum atomic E-state index is -3.59. The smallest absolute Gasteiger partial charge is 0.243 e. The number of aromatic nitrogens is 1. The van der Waals surface area contributed by atoms with Gasteiger partial charge in [-0.1, -0.05) is 0 Å². The lowest BCUT2D eigenvalue weighted by Gasteiger charge is -2.29. The lowest BCUT2D eigenvalue weighted by atomic mass is 9.98. The van der Waals surface area contributed by atoms with Crippen LogP contribution in [-0.2, 0) is 14.8 Å². The van der Waals surface area contributed by atoms with Crippen molar-refractivity contribution in [3.8, 4) is 0 Å². The molecule has 1 aliphatic heterocycles. The molecule has 0 spiro atoms. The average molecular weight is 309 g/mol. The highest BCUT2D eigenvalue weighted by molar-refractivity contribution is 7.89. The molecule has 7 nitrogen and oxygen atoms in total. The van der Waals surface area contributed by atoms with E-state index in [1.165, 1.54) is 22.8 Å². The number of hydrogen-bond donors (Lipinski definition) is 1. The fourth-order valence-electron chi connectivity index (χ4n) is 2.53. The zero-order valence-electron chi connectivity index (χ0n) is 11.2. The molecule has 0 aliphatic carbocycles. The highest BCUT2D eigenvalue weighted by atomic mass is 32.2. The van der Waals surface area contributed by atoms with Gasteiger partial charge in [-0.05, 0) is 25.0 Å². The highest BCUT2D eigenvalue weighted by Crippen LogP contribution is 2.25. The predicted molar refractivity (Wildman–Crippen MR) is 74.7 cm³/mol. The summed E-state index contributed by atoms with van der Waals surface area (Å²) in [4.78, 5) is 15.3. The second-order valence-electron chi connectivity index (χ2n) is 5.06. The summed E-state index contributed by atoms with van der Waals surface area (Å²) < 4.78 is 31.7. The number of carbonyl (C=O) groups is 1. The van der Waals surface area contributed by atoms with E-state index in [9.17, 15) is 13.2 Å². The van der Waals surface area contributed by atoms with Crippen molar-refractivity contribution in [2.75, 3.05) is 13.1 Å². The summed E-state index contributed by atoms with van der Waals surface area (Å²) in [6.07, 6.45) is 2.19. The van der Waals surface area contributed by atoms with Crippen LogP contribution in [-0.4, -0.2) is 36.7 Å². The maximum Gasteiger partial charge on any atom is 0.243 e. The molecular weight excluding hydrogens is 294 g/mol. The Morgan fingerprint density at radius 1 is 1.33 bits per heavy atom. The van der Waals surface area contributed by atoms with Crippen molar-refractivity contribution in [3.63, 3.8) is 0 Å². The minimum Gasteiger partial charge on any atom is -0.443 e. The van der Waals surface area contributed by atoms with Crippen molar-refractivity contribution >= 4 is 27.0 Å². The summed E-state index contributed by atoms with van der Waals surface area (Å²) in [7, 11) is -3.59. The minimum absolute atomic E-state index is 0.171. The zero-order chi connectivity index (χ0) is 15.0. The topological polar surface area (TPSA) is 106 Å². The van der Waals surface area contributed by atoms with Crippen LogP contribution in [0.4, 0.5) is 0 Å². The number of rotatable bonds is 3. The first-order valence-electron chi connectivity index (χ1n) is 6.61. The summed E-state index contributed by atoms with van der Waals surface area (Å²) in [6, 6.07) is 4.60. The molecule has 0 saturated carbocycles. The van der Waals surface area contributed by atoms with Gasteiger partial charge in [-0.15, -0.1) is 0 Å². The van der Waals surface area contributed by atoms with Gasteiger partial charge in [-0.3, -0.25) is 4.79 Å². The van der Waals surface area contributed by atoms with Crippen LogP contribution in [0.25, 0.3) is 11.1 Å². The van der Waals surface area contributed by atoms with Gasteiger partial charge in [-0.25, -0.2) is 13.4 Å². The second kappa shape index (κ2) is 5.12. The molecule has 1 aliphatic rings. The molecule has 8 heteroatoms. The van der Waals surface area contributed by atoms with E-state index in [4.69, 9.17) is 10.2 Å². The third-order valence-corrected chi connectivity index (χ3v) is 5.69. The quantitative estimate of drug-likeness (QED) is 0.898. The number of fused-ring (bicyclic) bond motifs is 1. The Morgan fingerprint density at radius 2 is 2.05 bits per heavy atom. The fourth-order valence-corrected chi connectivity index (χ4v) is 4.01. The Labute approximate surface area is 121 Å². The van der Waals surface area contributed by atoms with Gasteiger partial charge in [0, 0.05) is 25.1 Å². The Morgan fingerprint density at radius 3 is 2.71 bits per heavy atom. The van der Waals surface area contributed by atoms with Gasteiger partial charge in [0.1, 0.15) is 5.52 Å². The maximum absolute atomic E-state index is 12.6. The molecule has 21 heavy (non-hydrogen) atoms. The van der Waals surface area contributed by atoms with E-state index in [1.807, 2.05) is 0 Å². The van der Waals surface area contributed by atoms with E-state index < -0.39 is 10.0 Å². The van der Waals surface area contributed by atoms with E-state index in [2.05, 4.69) is 4.98 Å². The number of amides is 1. The predicted octanol–water partition coefficient (Wildman–Crippen LogP) is 0.714. The molecule has 0 bridgehead atoms. The average Bonchev–Trinajstić information content (AvgIpc) is 2.94. The maximum atomic E-state index is 12.6. The van der Waals surface area contributed by atoms with E-state index in [1.54, 1.807) is 6.07 Å². The summed E-state index contributed by atoms with van der Waals surface area (Å²) in [6.45, 7) is 0.592. The van der Waals surface area contributed by atoms with Crippen LogP contribution in [0, 0.1) is 5.92 Å². The van der Waals surface area contributed by atoms with Gasteiger partial charge in [0.2, 0.25) is 15.9 Å². The first-order valence-corrected chi connectivity index (χ1v) is 8.05. The highest BCUT2D eigenvalue weighted by Gasteiger charge is 2.31. The number of benzene rings is 1. The Balaban J connectivity index is 1.85. The Hall–Kier alpha value is -1.93. The molecule has 1 amide bonds. The fraction of sp³-hybridized carbons (Fsp3) is 0.385. The van der Waals surface area contributed by atoms with E-state index >= 15 is 0 Å². The van der Waals surface area contributed by atoms with E-state index in [0.717, 1.165) is 0 Å². The summed E-state index contributed by atoms with van der Waals surface area (Å²) in [5.41, 5.74) is 6.30. The number of nitrogens with zero attached hydrogens (tertiary/aromatic N) is 2. The SMILES string of the molecule is NC(=O)C1CCN(S(=O)(=O)c2ccc3ncoc3c2)CC1. The lowest BCUT2D eigenvalue weighted by molar-refractivity contribution is -0.122. The summed E-state index contributed by atoms with van der Waals surface area (Å²) >= 11 is 0. The number of sulfonamides is 1. The van der Waals surface area contributed by atoms with Crippen molar-refractivity contribution in [3.05, 3.63) is 24.6 Å². The molecule has 2 N–H and O–H groups in total. The number of hydrogen-bond acceptors (Lipinski definition) is 5. The van der Waals surface area contributed by atoms with Crippen LogP contribution < -0.4 is 5.73 Å². The summed E-state index contributed by atoms with van der Waals surface area (Å²) in [5, 5.41) is 0. The number of primary amides is 1. The van der Waals surface area contributed by atoms with Crippen molar-refractivity contribution in [1.82, 2.24) is 9.29 Å². The largest absolute Gasteiger partial charge is 0.443 e. The molecule has 1 aromatic heterocycles. The number of piperidine rings is 1. The number of carbonyl (C=O) groups excluding carboxylic acids is 1. The van der Waals surface area contributed by atoms with Gasteiger partial charge < -0.3 is 10.2 Å². The molecule has 1 saturated heterocycles. The van der Waals surface area contributed by atoms with Crippen molar-refractivity contribution in [1.29, 1.82) is 0 Å². The third-order valence-electron chi connectivity index (χ3n) is 3.80. The molecular formula is C13H15N3O4S. The van der Waals surface area contributed by atoms with Crippen LogP contribution >= 0.6 is 0 Å². The van der Waals surface area contributed by atoms with E-state index in [0.29, 0.717) is 37.0 Å². The molecule has 0 radical (unpaired) electrons. The number of oxazole rings is 1. The van der Waals surface area contributed by atoms with Gasteiger partial charge >= 0.3 is 0 Å². The van der Waals surface area contributed by atoms with Crippen molar-refractivity contribution in [2.45, 2.75) is 17.7 Å². The van der Waals surface area contributed by atoms with Crippen LogP contribution in [0.1, 0.15) is 12.8 Å². The molecule has 0 unspecified atom stereocenters. The van der Waals surface area contributed by atoms with Crippen molar-refractivity contribution < 1.29 is 17.6 Å². The third kappa shape index (κ3) is 2.52. The Bertz CT molecular complexity index is 776. The molecule has 112 valence electrons. The molecule has 2 aromatic rings. The lowest BCUT2D eigenvalue weighted by Crippen LogP contribution is -2.41. The van der Waals surface area contributed by atoms with Gasteiger partial charge in [-0.2, -0.15) is 4.31 Å². The number of nitrogens with two attached hydrogens (primary N) is 1. The molecule has 3 rings (SSSR count). The second-order valence-corrected chi connectivity index (χ2v) is 7.00. The van der Waals surface area contributed by atoms with Crippen LogP contribution in [0.3, 0.4) is 0 Å². The first-order chi connectivity index (χ1) is 9.98. The first kappa shape index (κ1) is 14.0. The summed E-state index contributed by atoms with van der Waals surface area (Å²) in [5.74, 6) is -0.608. The van der Waals surface area contributed by atoms with Gasteiger partial charge in [0.25, 0.3) is 0 Å². The van der Waals surface area contributed by atoms with Crippen LogP contribution in [0.5, 0.6) is 0 Å². The van der Waals surface area contributed by atoms with Gasteiger partial charge in [0.05, 0.1) is 4.90 Å². The monoisotopic (exact) mass is 309 g/mol. The molecule has 0 atom stereocenters. The molecule has 2 heterocycles. The normalized spacial score (nSPS) is 18.1. The Kier molecular flexibility index (Phi) is 3.42. The van der Waals surface area contributed by atoms with Crippen LogP contribution in [0.2, 0.25) is 0 Å². The molecule has 1 fully saturated rings. The standard InChI is InChI=1S/C13H15N3O4S/c14-13(17)9-3-5-16(6-4-9)21(18,19)10-1-2-11-12(7-10)20-8-15-11/h1-2,7-9H,3-6H2,(H2,14,17). The van der Waals surface area contributed by atoms with Crippen LogP contribution in [0.15, 0.2) is 33.9 Å². The van der Waals surface area contributed by atoms with Crippen molar-refractivity contribution in [2.24, 2.45) is 11.7 Å². The van der Waals surface area contributed by atoms with Gasteiger partial charge in [0.15, 0.2) is 12.0 Å². The molecule has 1 aromatic carbocycles. The van der Waals surface area contributed by atoms with E-state index in [-0.39, 0.29) is 16.7 Å².